The minimum absolute atomic E-state index is 0.0865. The number of anilines is 1. The van der Waals surface area contributed by atoms with Crippen molar-refractivity contribution in [3.63, 3.8) is 0 Å². The summed E-state index contributed by atoms with van der Waals surface area (Å²) in [5, 5.41) is 3.04. The molecule has 1 aromatic carbocycles. The molecule has 1 N–H and O–H groups in total. The van der Waals surface area contributed by atoms with E-state index in [0.29, 0.717) is 19.8 Å². The first kappa shape index (κ1) is 11.9. The number of carbonyl (C=O) groups is 1. The molecule has 1 atom stereocenters. The molecule has 1 fully saturated rings. The van der Waals surface area contributed by atoms with Gasteiger partial charge in [0, 0.05) is 24.8 Å². The Labute approximate surface area is 102 Å². The summed E-state index contributed by atoms with van der Waals surface area (Å²) in [5.41, 5.74) is 1.74. The molecule has 1 aliphatic rings. The van der Waals surface area contributed by atoms with Crippen LogP contribution in [0.4, 0.5) is 5.69 Å². The van der Waals surface area contributed by atoms with Crippen LogP contribution in [0.1, 0.15) is 17.3 Å². The van der Waals surface area contributed by atoms with Gasteiger partial charge in [0.15, 0.2) is 0 Å². The molecule has 2 rings (SSSR count). The van der Waals surface area contributed by atoms with Crippen LogP contribution >= 0.6 is 0 Å². The van der Waals surface area contributed by atoms with Crippen LogP contribution in [0, 0.1) is 0 Å². The molecule has 1 saturated heterocycles. The van der Waals surface area contributed by atoms with Crippen molar-refractivity contribution in [3.8, 4) is 0 Å². The number of hydrogen-bond acceptors (Lipinski definition) is 3. The van der Waals surface area contributed by atoms with E-state index in [9.17, 15) is 4.79 Å². The van der Waals surface area contributed by atoms with E-state index in [-0.39, 0.29) is 11.9 Å². The smallest absolute Gasteiger partial charge is 0.254 e. The average molecular weight is 234 g/mol. The molecule has 1 amide bonds. The Morgan fingerprint density at radius 1 is 1.41 bits per heavy atom. The zero-order valence-electron chi connectivity index (χ0n) is 10.3. The van der Waals surface area contributed by atoms with Crippen molar-refractivity contribution >= 4 is 11.6 Å². The molecular weight excluding hydrogens is 216 g/mol. The third-order valence-corrected chi connectivity index (χ3v) is 3.05. The highest BCUT2D eigenvalue weighted by Gasteiger charge is 2.24. The maximum Gasteiger partial charge on any atom is 0.254 e. The minimum Gasteiger partial charge on any atom is -0.388 e. The zero-order valence-corrected chi connectivity index (χ0v) is 10.3. The summed E-state index contributed by atoms with van der Waals surface area (Å²) in [7, 11) is 1.86. The Balaban J connectivity index is 2.12. The van der Waals surface area contributed by atoms with Gasteiger partial charge in [-0.2, -0.15) is 0 Å². The lowest BCUT2D eigenvalue weighted by molar-refractivity contribution is 0.00359. The third-order valence-electron chi connectivity index (χ3n) is 3.05. The summed E-state index contributed by atoms with van der Waals surface area (Å²) < 4.78 is 5.33. The van der Waals surface area contributed by atoms with Gasteiger partial charge >= 0.3 is 0 Å². The predicted molar refractivity (Wildman–Crippen MR) is 67.3 cm³/mol. The molecule has 0 spiro atoms. The van der Waals surface area contributed by atoms with Crippen molar-refractivity contribution in [3.05, 3.63) is 29.8 Å². The van der Waals surface area contributed by atoms with Crippen molar-refractivity contribution in [1.29, 1.82) is 0 Å². The number of hydrogen-bond donors (Lipinski definition) is 1. The lowest BCUT2D eigenvalue weighted by Gasteiger charge is -2.33. The molecule has 1 aromatic rings. The minimum atomic E-state index is 0.0865. The first-order valence-electron chi connectivity index (χ1n) is 5.89. The highest BCUT2D eigenvalue weighted by atomic mass is 16.5. The lowest BCUT2D eigenvalue weighted by Crippen LogP contribution is -2.47. The van der Waals surface area contributed by atoms with E-state index in [0.717, 1.165) is 11.3 Å². The van der Waals surface area contributed by atoms with Gasteiger partial charge in [0.2, 0.25) is 0 Å². The topological polar surface area (TPSA) is 41.6 Å². The Hall–Kier alpha value is -1.55. The SMILES string of the molecule is CNc1ccc(C(=O)N2CCOCC2C)cc1. The van der Waals surface area contributed by atoms with E-state index in [1.54, 1.807) is 0 Å². The molecule has 17 heavy (non-hydrogen) atoms. The molecule has 0 bridgehead atoms. The van der Waals surface area contributed by atoms with Gasteiger partial charge in [-0.1, -0.05) is 0 Å². The molecule has 4 heteroatoms. The number of benzene rings is 1. The van der Waals surface area contributed by atoms with Crippen molar-refractivity contribution in [2.75, 3.05) is 32.1 Å². The second-order valence-electron chi connectivity index (χ2n) is 4.25. The summed E-state index contributed by atoms with van der Waals surface area (Å²) in [4.78, 5) is 14.1. The normalized spacial score (nSPS) is 20.1. The molecular formula is C13H18N2O2. The Bertz CT molecular complexity index is 389. The average Bonchev–Trinajstić information content (AvgIpc) is 2.39. The highest BCUT2D eigenvalue weighted by molar-refractivity contribution is 5.94. The van der Waals surface area contributed by atoms with E-state index in [1.165, 1.54) is 0 Å². The van der Waals surface area contributed by atoms with Crippen molar-refractivity contribution in [1.82, 2.24) is 4.90 Å². The van der Waals surface area contributed by atoms with E-state index in [1.807, 2.05) is 43.1 Å². The second kappa shape index (κ2) is 5.19. The summed E-state index contributed by atoms with van der Waals surface area (Å²) in [6, 6.07) is 7.70. The maximum atomic E-state index is 12.3. The third kappa shape index (κ3) is 2.58. The van der Waals surface area contributed by atoms with E-state index in [4.69, 9.17) is 4.74 Å². The van der Waals surface area contributed by atoms with E-state index >= 15 is 0 Å². The Morgan fingerprint density at radius 2 is 2.12 bits per heavy atom. The summed E-state index contributed by atoms with van der Waals surface area (Å²) in [5.74, 6) is 0.0865. The second-order valence-corrected chi connectivity index (χ2v) is 4.25. The number of morpholine rings is 1. The fraction of sp³-hybridized carbons (Fsp3) is 0.462. The van der Waals surface area contributed by atoms with Gasteiger partial charge in [0.25, 0.3) is 5.91 Å². The fourth-order valence-corrected chi connectivity index (χ4v) is 1.97. The van der Waals surface area contributed by atoms with Gasteiger partial charge in [-0.15, -0.1) is 0 Å². The summed E-state index contributed by atoms with van der Waals surface area (Å²) in [6.45, 7) is 3.94. The van der Waals surface area contributed by atoms with Gasteiger partial charge in [0.05, 0.1) is 19.3 Å². The van der Waals surface area contributed by atoms with Crippen LogP contribution in [0.3, 0.4) is 0 Å². The van der Waals surface area contributed by atoms with Crippen LogP contribution in [0.15, 0.2) is 24.3 Å². The van der Waals surface area contributed by atoms with Gasteiger partial charge in [0.1, 0.15) is 0 Å². The van der Waals surface area contributed by atoms with Crippen molar-refractivity contribution < 1.29 is 9.53 Å². The number of rotatable bonds is 2. The lowest BCUT2D eigenvalue weighted by atomic mass is 10.1. The first-order valence-corrected chi connectivity index (χ1v) is 5.89. The van der Waals surface area contributed by atoms with Crippen LogP contribution in [-0.4, -0.2) is 43.7 Å². The van der Waals surface area contributed by atoms with Gasteiger partial charge in [-0.25, -0.2) is 0 Å². The van der Waals surface area contributed by atoms with Crippen LogP contribution in [0.2, 0.25) is 0 Å². The largest absolute Gasteiger partial charge is 0.388 e. The van der Waals surface area contributed by atoms with Gasteiger partial charge in [-0.05, 0) is 31.2 Å². The molecule has 92 valence electrons. The molecule has 0 saturated carbocycles. The Morgan fingerprint density at radius 3 is 2.71 bits per heavy atom. The Kier molecular flexibility index (Phi) is 3.64. The molecule has 1 unspecified atom stereocenters. The molecule has 4 nitrogen and oxygen atoms in total. The van der Waals surface area contributed by atoms with Crippen LogP contribution in [-0.2, 0) is 4.74 Å². The van der Waals surface area contributed by atoms with Crippen molar-refractivity contribution in [2.24, 2.45) is 0 Å². The molecule has 1 aliphatic heterocycles. The highest BCUT2D eigenvalue weighted by Crippen LogP contribution is 2.14. The van der Waals surface area contributed by atoms with Crippen LogP contribution in [0.25, 0.3) is 0 Å². The number of nitrogens with one attached hydrogen (secondary N) is 1. The van der Waals surface area contributed by atoms with Crippen LogP contribution < -0.4 is 5.32 Å². The van der Waals surface area contributed by atoms with E-state index < -0.39 is 0 Å². The summed E-state index contributed by atoms with van der Waals surface area (Å²) >= 11 is 0. The fourth-order valence-electron chi connectivity index (χ4n) is 1.97. The van der Waals surface area contributed by atoms with E-state index in [2.05, 4.69) is 5.32 Å². The van der Waals surface area contributed by atoms with Gasteiger partial charge < -0.3 is 15.0 Å². The van der Waals surface area contributed by atoms with Gasteiger partial charge in [-0.3, -0.25) is 4.79 Å². The monoisotopic (exact) mass is 234 g/mol. The molecule has 1 heterocycles. The number of amides is 1. The first-order chi connectivity index (χ1) is 8.22. The molecule has 0 radical (unpaired) electrons. The van der Waals surface area contributed by atoms with Crippen LogP contribution in [0.5, 0.6) is 0 Å². The maximum absolute atomic E-state index is 12.3. The molecule has 0 aromatic heterocycles. The number of nitrogens with zero attached hydrogens (tertiary/aromatic N) is 1. The number of ether oxygens (including phenoxy) is 1. The molecule has 0 aliphatic carbocycles. The summed E-state index contributed by atoms with van der Waals surface area (Å²) in [6.07, 6.45) is 0. The predicted octanol–water partition coefficient (Wildman–Crippen LogP) is 1.59. The standard InChI is InChI=1S/C13H18N2O2/c1-10-9-17-8-7-15(10)13(16)11-3-5-12(14-2)6-4-11/h3-6,10,14H,7-9H2,1-2H3. The quantitative estimate of drug-likeness (QED) is 0.845. The van der Waals surface area contributed by atoms with Crippen molar-refractivity contribution in [2.45, 2.75) is 13.0 Å². The zero-order chi connectivity index (χ0) is 12.3. The number of carbonyl (C=O) groups excluding carboxylic acids is 1.